The largest absolute Gasteiger partial charge is 0.491 e. The summed E-state index contributed by atoms with van der Waals surface area (Å²) >= 11 is 0. The Labute approximate surface area is 457 Å². The normalized spacial score (nSPS) is 25.1. The Kier molecular flexibility index (Phi) is 18.2. The van der Waals surface area contributed by atoms with Gasteiger partial charge in [-0.2, -0.15) is 26.3 Å². The number of rotatable bonds is 16. The fourth-order valence-corrected chi connectivity index (χ4v) is 10.6. The Bertz CT molecular complexity index is 2860. The Morgan fingerprint density at radius 2 is 0.863 bits per heavy atom. The number of aliphatic hydroxyl groups is 4. The van der Waals surface area contributed by atoms with Gasteiger partial charge >= 0.3 is 24.3 Å². The molecule has 12 nitrogen and oxygen atoms in total. The lowest BCUT2D eigenvalue weighted by molar-refractivity contribution is -0.138. The monoisotopic (exact) mass is 1110 g/mol. The molecule has 2 saturated heterocycles. The lowest BCUT2D eigenvalue weighted by atomic mass is 9.91. The van der Waals surface area contributed by atoms with Crippen LogP contribution in [0.3, 0.4) is 0 Å². The molecule has 80 heavy (non-hydrogen) atoms. The Morgan fingerprint density at radius 1 is 0.500 bits per heavy atom. The lowest BCUT2D eigenvalue weighted by Crippen LogP contribution is -2.26. The number of hydrogen-bond donors (Lipinski definition) is 4. The van der Waals surface area contributed by atoms with E-state index in [9.17, 15) is 56.4 Å². The van der Waals surface area contributed by atoms with Crippen molar-refractivity contribution in [2.24, 2.45) is 23.7 Å². The standard InChI is InChI=1S/2C31H29F3O6/c2*32-31(33,34)22-7-4-8-24(15-22)38-18-23(35)13-14-25-26-16-29(36)39-28(26)17-27(25)40-30(37)21-11-9-20(10-12-21)19-5-2-1-3-6-19/h2*1-15,23,25-29,35-36H,16-18H2/b2*14-13+/t23-,25-,26-,27-,28?,29+;23-,25-,26-,27-,28?,29-/m11/s1. The molecule has 18 heteroatoms. The van der Waals surface area contributed by atoms with Crippen LogP contribution in [0.25, 0.3) is 22.3 Å². The van der Waals surface area contributed by atoms with Gasteiger partial charge in [0.15, 0.2) is 12.6 Å². The summed E-state index contributed by atoms with van der Waals surface area (Å²) in [6.07, 6.45) is -6.91. The zero-order chi connectivity index (χ0) is 56.6. The topological polar surface area (TPSA) is 170 Å². The van der Waals surface area contributed by atoms with Crippen LogP contribution in [0.2, 0.25) is 0 Å². The Balaban J connectivity index is 0.000000194. The van der Waals surface area contributed by atoms with E-state index in [0.717, 1.165) is 46.5 Å². The molecule has 0 spiro atoms. The van der Waals surface area contributed by atoms with E-state index in [4.69, 9.17) is 28.4 Å². The van der Waals surface area contributed by atoms with Crippen LogP contribution in [0.1, 0.15) is 57.5 Å². The number of hydrogen-bond acceptors (Lipinski definition) is 12. The molecule has 2 unspecified atom stereocenters. The maximum absolute atomic E-state index is 13.0. The number of esters is 2. The van der Waals surface area contributed by atoms with E-state index in [1.807, 2.05) is 84.9 Å². The quantitative estimate of drug-likeness (QED) is 0.0412. The van der Waals surface area contributed by atoms with Crippen LogP contribution in [0.15, 0.2) is 182 Å². The van der Waals surface area contributed by atoms with Crippen molar-refractivity contribution in [3.8, 4) is 33.8 Å². The van der Waals surface area contributed by atoms with E-state index >= 15 is 0 Å². The molecular formula is C62H58F6O12. The predicted molar refractivity (Wildman–Crippen MR) is 281 cm³/mol. The summed E-state index contributed by atoms with van der Waals surface area (Å²) in [6, 6.07) is 42.7. The molecule has 4 N–H and O–H groups in total. The fraction of sp³-hybridized carbons (Fsp3) is 0.323. The van der Waals surface area contributed by atoms with Crippen LogP contribution in [0.4, 0.5) is 26.3 Å². The smallest absolute Gasteiger partial charge is 0.416 e. The molecule has 0 bridgehead atoms. The minimum atomic E-state index is -4.50. The second-order valence-electron chi connectivity index (χ2n) is 20.0. The molecule has 0 aromatic heterocycles. The number of aliphatic hydroxyl groups excluding tert-OH is 4. The molecule has 0 radical (unpaired) electrons. The summed E-state index contributed by atoms with van der Waals surface area (Å²) < 4.78 is 111. The van der Waals surface area contributed by atoms with Gasteiger partial charge in [0, 0.05) is 37.5 Å². The highest BCUT2D eigenvalue weighted by Gasteiger charge is 2.51. The van der Waals surface area contributed by atoms with Crippen molar-refractivity contribution < 1.29 is 84.8 Å². The van der Waals surface area contributed by atoms with Crippen molar-refractivity contribution in [1.82, 2.24) is 0 Å². The third-order valence-electron chi connectivity index (χ3n) is 14.6. The third-order valence-corrected chi connectivity index (χ3v) is 14.6. The predicted octanol–water partition coefficient (Wildman–Crippen LogP) is 11.3. The molecule has 2 heterocycles. The second-order valence-corrected chi connectivity index (χ2v) is 20.0. The van der Waals surface area contributed by atoms with E-state index in [0.29, 0.717) is 36.8 Å². The molecule has 4 aliphatic rings. The van der Waals surface area contributed by atoms with Gasteiger partial charge in [-0.3, -0.25) is 0 Å². The van der Waals surface area contributed by atoms with Crippen LogP contribution in [-0.2, 0) is 31.3 Å². The van der Waals surface area contributed by atoms with Gasteiger partial charge in [0.25, 0.3) is 0 Å². The number of halogens is 6. The van der Waals surface area contributed by atoms with Crippen molar-refractivity contribution in [3.05, 3.63) is 204 Å². The summed E-state index contributed by atoms with van der Waals surface area (Å²) in [5, 5.41) is 40.8. The zero-order valence-electron chi connectivity index (χ0n) is 42.8. The van der Waals surface area contributed by atoms with Gasteiger partial charge in [0.1, 0.15) is 49.1 Å². The van der Waals surface area contributed by atoms with E-state index < -0.39 is 72.4 Å². The molecular weight excluding hydrogens is 1050 g/mol. The second kappa shape index (κ2) is 25.4. The first-order chi connectivity index (χ1) is 38.3. The Hall–Kier alpha value is -7.32. The maximum Gasteiger partial charge on any atom is 0.416 e. The van der Waals surface area contributed by atoms with Crippen molar-refractivity contribution in [2.75, 3.05) is 13.2 Å². The van der Waals surface area contributed by atoms with E-state index in [2.05, 4.69) is 0 Å². The highest BCUT2D eigenvalue weighted by Crippen LogP contribution is 2.47. The zero-order valence-corrected chi connectivity index (χ0v) is 42.8. The first-order valence-electron chi connectivity index (χ1n) is 26.1. The molecule has 12 atom stereocenters. The third kappa shape index (κ3) is 14.7. The van der Waals surface area contributed by atoms with Gasteiger partial charge in [-0.25, -0.2) is 9.59 Å². The van der Waals surface area contributed by atoms with Gasteiger partial charge in [0.2, 0.25) is 0 Å². The maximum atomic E-state index is 13.0. The summed E-state index contributed by atoms with van der Waals surface area (Å²) in [4.78, 5) is 26.0. The summed E-state index contributed by atoms with van der Waals surface area (Å²) in [5.41, 5.74) is 3.11. The molecule has 2 aliphatic carbocycles. The molecule has 6 aromatic carbocycles. The molecule has 6 aromatic rings. The van der Waals surface area contributed by atoms with Gasteiger partial charge in [-0.05, 0) is 94.8 Å². The number of alkyl halides is 6. The first-order valence-corrected chi connectivity index (χ1v) is 26.1. The lowest BCUT2D eigenvalue weighted by Gasteiger charge is -2.21. The number of carbonyl (C=O) groups excluding carboxylic acids is 2. The molecule has 2 saturated carbocycles. The molecule has 10 rings (SSSR count). The number of fused-ring (bicyclic) bond motifs is 2. The van der Waals surface area contributed by atoms with Crippen molar-refractivity contribution in [1.29, 1.82) is 0 Å². The van der Waals surface area contributed by atoms with Gasteiger partial charge < -0.3 is 48.8 Å². The summed E-state index contributed by atoms with van der Waals surface area (Å²) in [6.45, 7) is -0.536. The first kappa shape index (κ1) is 57.4. The molecule has 0 amide bonds. The number of benzene rings is 6. The minimum absolute atomic E-state index is 0.0133. The van der Waals surface area contributed by atoms with Crippen molar-refractivity contribution in [2.45, 2.75) is 87.2 Å². The van der Waals surface area contributed by atoms with E-state index in [-0.39, 0.29) is 60.6 Å². The van der Waals surface area contributed by atoms with Gasteiger partial charge in [-0.15, -0.1) is 0 Å². The average molecular weight is 1110 g/mol. The van der Waals surface area contributed by atoms with Crippen molar-refractivity contribution >= 4 is 11.9 Å². The highest BCUT2D eigenvalue weighted by atomic mass is 19.4. The average Bonchev–Trinajstić information content (AvgIpc) is 4.22. The highest BCUT2D eigenvalue weighted by molar-refractivity contribution is 5.91. The number of carbonyl (C=O) groups is 2. The van der Waals surface area contributed by atoms with Crippen LogP contribution in [0, 0.1) is 23.7 Å². The van der Waals surface area contributed by atoms with Crippen LogP contribution in [-0.4, -0.2) is 94.8 Å². The fourth-order valence-electron chi connectivity index (χ4n) is 10.6. The van der Waals surface area contributed by atoms with Crippen LogP contribution in [0.5, 0.6) is 11.5 Å². The van der Waals surface area contributed by atoms with E-state index in [1.54, 1.807) is 36.4 Å². The van der Waals surface area contributed by atoms with Gasteiger partial charge in [-0.1, -0.05) is 121 Å². The Morgan fingerprint density at radius 3 is 1.23 bits per heavy atom. The van der Waals surface area contributed by atoms with Gasteiger partial charge in [0.05, 0.1) is 34.5 Å². The molecule has 420 valence electrons. The number of ether oxygens (including phenoxy) is 6. The summed E-state index contributed by atoms with van der Waals surface area (Å²) in [7, 11) is 0. The SMILES string of the molecule is O=C(O[C@@H]1CC2O[C@@H](O)C[C@@H]2[C@H]1/C=C/[C@@H](O)COc1cccc(C(F)(F)F)c1)c1ccc(-c2ccccc2)cc1.O=C(O[C@@H]1CC2O[C@H](O)C[C@@H]2[C@H]1/C=C/[C@@H](O)COc1cccc(C(F)(F)F)c1)c1ccc(-c2ccccc2)cc1. The van der Waals surface area contributed by atoms with Crippen LogP contribution >= 0.6 is 0 Å². The van der Waals surface area contributed by atoms with Crippen LogP contribution < -0.4 is 9.47 Å². The van der Waals surface area contributed by atoms with Crippen molar-refractivity contribution in [3.63, 3.8) is 0 Å². The minimum Gasteiger partial charge on any atom is -0.491 e. The van der Waals surface area contributed by atoms with E-state index in [1.165, 1.54) is 36.4 Å². The molecule has 4 fully saturated rings. The summed E-state index contributed by atoms with van der Waals surface area (Å²) in [5.74, 6) is -1.92. The molecule has 2 aliphatic heterocycles.